The van der Waals surface area contributed by atoms with Crippen molar-refractivity contribution in [2.24, 2.45) is 5.92 Å². The number of halogens is 4. The number of hydrogen-bond acceptors (Lipinski definition) is 1. The number of carbonyl (C=O) groups excluding carboxylic acids is 1. The third-order valence-corrected chi connectivity index (χ3v) is 3.47. The van der Waals surface area contributed by atoms with Crippen LogP contribution in [0.3, 0.4) is 0 Å². The highest BCUT2D eigenvalue weighted by atomic mass is 79.9. The highest BCUT2D eigenvalue weighted by Crippen LogP contribution is 2.35. The first-order valence-corrected chi connectivity index (χ1v) is 6.32. The van der Waals surface area contributed by atoms with Gasteiger partial charge in [0, 0.05) is 16.6 Å². The van der Waals surface area contributed by atoms with E-state index in [-0.39, 0.29) is 10.0 Å². The SMILES string of the molecule is O=C(NCC1CC1)c1ccc(Br)c(C(F)(F)F)c1. The van der Waals surface area contributed by atoms with Crippen molar-refractivity contribution in [2.75, 3.05) is 6.54 Å². The minimum Gasteiger partial charge on any atom is -0.352 e. The Balaban J connectivity index is 2.14. The summed E-state index contributed by atoms with van der Waals surface area (Å²) >= 11 is 2.84. The van der Waals surface area contributed by atoms with Crippen molar-refractivity contribution in [1.82, 2.24) is 5.32 Å². The summed E-state index contributed by atoms with van der Waals surface area (Å²) in [7, 11) is 0. The van der Waals surface area contributed by atoms with Gasteiger partial charge in [0.2, 0.25) is 0 Å². The third-order valence-electron chi connectivity index (χ3n) is 2.78. The summed E-state index contributed by atoms with van der Waals surface area (Å²) in [5.74, 6) is 0.0337. The predicted octanol–water partition coefficient (Wildman–Crippen LogP) is 3.61. The van der Waals surface area contributed by atoms with Gasteiger partial charge in [-0.2, -0.15) is 13.2 Å². The molecule has 0 radical (unpaired) electrons. The van der Waals surface area contributed by atoms with E-state index in [1.807, 2.05) is 0 Å². The van der Waals surface area contributed by atoms with Gasteiger partial charge in [-0.1, -0.05) is 15.9 Å². The maximum Gasteiger partial charge on any atom is 0.417 e. The second kappa shape index (κ2) is 4.91. The molecule has 1 saturated carbocycles. The lowest BCUT2D eigenvalue weighted by Gasteiger charge is -2.11. The Bertz CT molecular complexity index is 469. The van der Waals surface area contributed by atoms with Gasteiger partial charge in [0.05, 0.1) is 5.56 Å². The van der Waals surface area contributed by atoms with Crippen LogP contribution in [-0.4, -0.2) is 12.5 Å². The van der Waals surface area contributed by atoms with Crippen LogP contribution < -0.4 is 5.32 Å². The molecular weight excluding hydrogens is 311 g/mol. The molecule has 0 spiro atoms. The molecule has 1 aromatic rings. The van der Waals surface area contributed by atoms with Crippen molar-refractivity contribution in [3.63, 3.8) is 0 Å². The number of rotatable bonds is 3. The van der Waals surface area contributed by atoms with E-state index >= 15 is 0 Å². The Labute approximate surface area is 111 Å². The topological polar surface area (TPSA) is 29.1 Å². The standard InChI is InChI=1S/C12H11BrF3NO/c13-10-4-3-8(5-9(10)12(14,15)16)11(18)17-6-7-1-2-7/h3-5,7H,1-2,6H2,(H,17,18). The van der Waals surface area contributed by atoms with E-state index in [1.165, 1.54) is 12.1 Å². The van der Waals surface area contributed by atoms with Crippen molar-refractivity contribution in [2.45, 2.75) is 19.0 Å². The molecule has 6 heteroatoms. The lowest BCUT2D eigenvalue weighted by Crippen LogP contribution is -2.25. The van der Waals surface area contributed by atoms with Crippen LogP contribution in [0, 0.1) is 5.92 Å². The van der Waals surface area contributed by atoms with E-state index in [2.05, 4.69) is 21.2 Å². The fraction of sp³-hybridized carbons (Fsp3) is 0.417. The summed E-state index contributed by atoms with van der Waals surface area (Å²) in [4.78, 5) is 11.7. The van der Waals surface area contributed by atoms with Gasteiger partial charge in [-0.15, -0.1) is 0 Å². The summed E-state index contributed by atoms with van der Waals surface area (Å²) in [6.45, 7) is 0.538. The molecule has 1 aromatic carbocycles. The molecule has 18 heavy (non-hydrogen) atoms. The predicted molar refractivity (Wildman–Crippen MR) is 64.2 cm³/mol. The molecule has 0 aromatic heterocycles. The highest BCUT2D eigenvalue weighted by Gasteiger charge is 2.33. The Hall–Kier alpha value is -1.04. The zero-order valence-electron chi connectivity index (χ0n) is 9.35. The summed E-state index contributed by atoms with van der Waals surface area (Å²) in [6.07, 6.45) is -2.31. The number of hydrogen-bond donors (Lipinski definition) is 1. The van der Waals surface area contributed by atoms with E-state index in [0.717, 1.165) is 18.9 Å². The van der Waals surface area contributed by atoms with Gasteiger partial charge in [-0.05, 0) is 37.0 Å². The number of benzene rings is 1. The first kappa shape index (κ1) is 13.4. The molecule has 1 amide bonds. The second-order valence-corrected chi connectivity index (χ2v) is 5.20. The van der Waals surface area contributed by atoms with Gasteiger partial charge in [0.15, 0.2) is 0 Å². The van der Waals surface area contributed by atoms with Crippen LogP contribution in [-0.2, 0) is 6.18 Å². The van der Waals surface area contributed by atoms with Crippen LogP contribution >= 0.6 is 15.9 Å². The fourth-order valence-corrected chi connectivity index (χ4v) is 2.02. The molecule has 1 fully saturated rings. The van der Waals surface area contributed by atoms with Crippen LogP contribution in [0.15, 0.2) is 22.7 Å². The first-order chi connectivity index (χ1) is 8.38. The van der Waals surface area contributed by atoms with Crippen molar-refractivity contribution in [3.8, 4) is 0 Å². The minimum atomic E-state index is -4.47. The van der Waals surface area contributed by atoms with Gasteiger partial charge >= 0.3 is 6.18 Å². The van der Waals surface area contributed by atoms with Crippen molar-refractivity contribution >= 4 is 21.8 Å². The number of alkyl halides is 3. The maximum atomic E-state index is 12.7. The normalized spacial score (nSPS) is 15.6. The fourth-order valence-electron chi connectivity index (χ4n) is 1.54. The van der Waals surface area contributed by atoms with Crippen molar-refractivity contribution < 1.29 is 18.0 Å². The smallest absolute Gasteiger partial charge is 0.352 e. The molecule has 1 aliphatic rings. The average Bonchev–Trinajstić information content (AvgIpc) is 3.08. The van der Waals surface area contributed by atoms with Crippen molar-refractivity contribution in [3.05, 3.63) is 33.8 Å². The monoisotopic (exact) mass is 321 g/mol. The van der Waals surface area contributed by atoms with E-state index in [9.17, 15) is 18.0 Å². The molecule has 98 valence electrons. The molecule has 0 heterocycles. The number of carbonyl (C=O) groups is 1. The number of nitrogens with one attached hydrogen (secondary N) is 1. The van der Waals surface area contributed by atoms with Gasteiger partial charge in [0.1, 0.15) is 0 Å². The Morgan fingerprint density at radius 3 is 2.61 bits per heavy atom. The molecule has 2 nitrogen and oxygen atoms in total. The van der Waals surface area contributed by atoms with E-state index in [4.69, 9.17) is 0 Å². The van der Waals surface area contributed by atoms with Crippen LogP contribution in [0.1, 0.15) is 28.8 Å². The van der Waals surface area contributed by atoms with Crippen LogP contribution in [0.5, 0.6) is 0 Å². The first-order valence-electron chi connectivity index (χ1n) is 5.53. The zero-order chi connectivity index (χ0) is 13.3. The van der Waals surface area contributed by atoms with Crippen molar-refractivity contribution in [1.29, 1.82) is 0 Å². The second-order valence-electron chi connectivity index (χ2n) is 4.35. The third kappa shape index (κ3) is 3.25. The van der Waals surface area contributed by atoms with Gasteiger partial charge in [-0.3, -0.25) is 4.79 Å². The quantitative estimate of drug-likeness (QED) is 0.905. The summed E-state index contributed by atoms with van der Waals surface area (Å²) in [5.41, 5.74) is -0.798. The highest BCUT2D eigenvalue weighted by molar-refractivity contribution is 9.10. The Morgan fingerprint density at radius 1 is 1.39 bits per heavy atom. The Morgan fingerprint density at radius 2 is 2.06 bits per heavy atom. The average molecular weight is 322 g/mol. The van der Waals surface area contributed by atoms with Gasteiger partial charge in [0.25, 0.3) is 5.91 Å². The lowest BCUT2D eigenvalue weighted by atomic mass is 10.1. The lowest BCUT2D eigenvalue weighted by molar-refractivity contribution is -0.138. The molecule has 0 bridgehead atoms. The van der Waals surface area contributed by atoms with Gasteiger partial charge < -0.3 is 5.32 Å². The van der Waals surface area contributed by atoms with Crippen LogP contribution in [0.25, 0.3) is 0 Å². The zero-order valence-corrected chi connectivity index (χ0v) is 10.9. The number of amides is 1. The minimum absolute atomic E-state index is 0.0335. The summed E-state index contributed by atoms with van der Waals surface area (Å²) in [6, 6.07) is 3.49. The van der Waals surface area contributed by atoms with Crippen LogP contribution in [0.4, 0.5) is 13.2 Å². The summed E-state index contributed by atoms with van der Waals surface area (Å²) in [5, 5.41) is 2.64. The van der Waals surface area contributed by atoms with Crippen LogP contribution in [0.2, 0.25) is 0 Å². The van der Waals surface area contributed by atoms with E-state index in [1.54, 1.807) is 0 Å². The molecule has 2 rings (SSSR count). The van der Waals surface area contributed by atoms with E-state index in [0.29, 0.717) is 12.5 Å². The molecule has 1 N–H and O–H groups in total. The molecule has 0 aliphatic heterocycles. The molecule has 1 aliphatic carbocycles. The maximum absolute atomic E-state index is 12.7. The largest absolute Gasteiger partial charge is 0.417 e. The molecule has 0 atom stereocenters. The molecule has 0 saturated heterocycles. The molecular formula is C12H11BrF3NO. The van der Waals surface area contributed by atoms with Gasteiger partial charge in [-0.25, -0.2) is 0 Å². The summed E-state index contributed by atoms with van der Waals surface area (Å²) < 4.78 is 37.9. The Kier molecular flexibility index (Phi) is 3.66. The molecule has 0 unspecified atom stereocenters. The van der Waals surface area contributed by atoms with E-state index < -0.39 is 17.6 Å².